The highest BCUT2D eigenvalue weighted by molar-refractivity contribution is 9.10. The molecule has 0 bridgehead atoms. The minimum absolute atomic E-state index is 0.101. The zero-order chi connectivity index (χ0) is 21.4. The maximum absolute atomic E-state index is 12.8. The third kappa shape index (κ3) is 4.13. The smallest absolute Gasteiger partial charge is 0.252 e. The molecule has 1 saturated heterocycles. The largest absolute Gasteiger partial charge is 0.294 e. The van der Waals surface area contributed by atoms with Crippen molar-refractivity contribution in [2.24, 2.45) is 0 Å². The molecule has 0 saturated carbocycles. The van der Waals surface area contributed by atoms with E-state index in [1.807, 2.05) is 70.6 Å². The van der Waals surface area contributed by atoms with Gasteiger partial charge in [0.25, 0.3) is 5.91 Å². The second kappa shape index (κ2) is 8.49. The van der Waals surface area contributed by atoms with Crippen molar-refractivity contribution in [1.29, 1.82) is 0 Å². The van der Waals surface area contributed by atoms with Crippen LogP contribution in [0.4, 0.5) is 0 Å². The third-order valence-electron chi connectivity index (χ3n) is 4.96. The van der Waals surface area contributed by atoms with Crippen molar-refractivity contribution < 1.29 is 9.59 Å². The lowest BCUT2D eigenvalue weighted by Gasteiger charge is -2.24. The Morgan fingerprint density at radius 2 is 1.94 bits per heavy atom. The molecule has 0 spiro atoms. The number of nitrogens with one attached hydrogen (secondary N) is 1. The molecule has 0 radical (unpaired) electrons. The van der Waals surface area contributed by atoms with Crippen LogP contribution in [0.25, 0.3) is 16.2 Å². The maximum Gasteiger partial charge on any atom is 0.252 e. The Morgan fingerprint density at radius 1 is 1.16 bits per heavy atom. The number of amides is 2. The normalized spacial score (nSPS) is 16.2. The molecule has 31 heavy (non-hydrogen) atoms. The molecule has 5 rings (SSSR count). The molecule has 1 unspecified atom stereocenters. The van der Waals surface area contributed by atoms with Crippen molar-refractivity contribution in [2.75, 3.05) is 5.75 Å². The average Bonchev–Trinajstić information content (AvgIpc) is 3.46. The van der Waals surface area contributed by atoms with Crippen LogP contribution < -0.4 is 5.43 Å². The second-order valence-corrected chi connectivity index (χ2v) is 9.88. The van der Waals surface area contributed by atoms with Gasteiger partial charge in [0.15, 0.2) is 4.96 Å². The number of hydrogen-bond donors (Lipinski definition) is 1. The van der Waals surface area contributed by atoms with Crippen LogP contribution in [0.2, 0.25) is 0 Å². The monoisotopic (exact) mass is 512 g/mol. The Labute approximate surface area is 195 Å². The van der Waals surface area contributed by atoms with Gasteiger partial charge in [-0.05, 0) is 17.7 Å². The SMILES string of the molecule is O=C(Cc1csc2nc(-c3ccccc3)cn12)NN1C(=O)CSC1c1ccc(Br)cc1. The van der Waals surface area contributed by atoms with Crippen LogP contribution in [0.3, 0.4) is 0 Å². The van der Waals surface area contributed by atoms with Gasteiger partial charge in [0.05, 0.1) is 17.9 Å². The Bertz CT molecular complexity index is 1250. The summed E-state index contributed by atoms with van der Waals surface area (Å²) in [4.78, 5) is 30.7. The molecule has 1 aliphatic rings. The number of carbonyl (C=O) groups is 2. The van der Waals surface area contributed by atoms with Gasteiger partial charge in [0.1, 0.15) is 5.37 Å². The molecule has 2 aromatic carbocycles. The topological polar surface area (TPSA) is 66.7 Å². The number of imidazole rings is 1. The number of thiazole rings is 1. The van der Waals surface area contributed by atoms with Crippen LogP contribution in [-0.2, 0) is 16.0 Å². The van der Waals surface area contributed by atoms with E-state index < -0.39 is 0 Å². The summed E-state index contributed by atoms with van der Waals surface area (Å²) in [5, 5.41) is 3.15. The van der Waals surface area contributed by atoms with Gasteiger partial charge in [-0.1, -0.05) is 58.4 Å². The summed E-state index contributed by atoms with van der Waals surface area (Å²) >= 11 is 6.43. The molecule has 1 atom stereocenters. The molecule has 1 N–H and O–H groups in total. The highest BCUT2D eigenvalue weighted by Gasteiger charge is 2.34. The highest BCUT2D eigenvalue weighted by atomic mass is 79.9. The van der Waals surface area contributed by atoms with Crippen molar-refractivity contribution >= 4 is 55.8 Å². The number of nitrogens with zero attached hydrogens (tertiary/aromatic N) is 3. The van der Waals surface area contributed by atoms with Gasteiger partial charge in [-0.2, -0.15) is 0 Å². The van der Waals surface area contributed by atoms with E-state index in [4.69, 9.17) is 0 Å². The first-order chi connectivity index (χ1) is 15.1. The number of fused-ring (bicyclic) bond motifs is 1. The van der Waals surface area contributed by atoms with Crippen molar-refractivity contribution in [2.45, 2.75) is 11.8 Å². The number of hydrogen-bond acceptors (Lipinski definition) is 5. The van der Waals surface area contributed by atoms with Crippen molar-refractivity contribution in [1.82, 2.24) is 19.8 Å². The molecule has 2 aromatic heterocycles. The Balaban J connectivity index is 1.33. The minimum atomic E-state index is -0.232. The summed E-state index contributed by atoms with van der Waals surface area (Å²) in [6.07, 6.45) is 2.11. The van der Waals surface area contributed by atoms with Crippen molar-refractivity contribution in [3.8, 4) is 11.3 Å². The Kier molecular flexibility index (Phi) is 5.56. The van der Waals surface area contributed by atoms with Gasteiger partial charge in [0.2, 0.25) is 5.91 Å². The fourth-order valence-electron chi connectivity index (χ4n) is 3.46. The number of aromatic nitrogens is 2. The first kappa shape index (κ1) is 20.3. The van der Waals surface area contributed by atoms with Gasteiger partial charge in [-0.15, -0.1) is 23.1 Å². The number of halogens is 1. The third-order valence-corrected chi connectivity index (χ3v) is 7.59. The molecular formula is C22H17BrN4O2S2. The predicted molar refractivity (Wildman–Crippen MR) is 127 cm³/mol. The van der Waals surface area contributed by atoms with E-state index in [9.17, 15) is 9.59 Å². The van der Waals surface area contributed by atoms with Gasteiger partial charge in [-0.3, -0.25) is 19.4 Å². The first-order valence-electron chi connectivity index (χ1n) is 9.58. The van der Waals surface area contributed by atoms with Gasteiger partial charge in [-0.25, -0.2) is 9.99 Å². The lowest BCUT2D eigenvalue weighted by molar-refractivity contribution is -0.139. The molecule has 2 amide bonds. The van der Waals surface area contributed by atoms with Gasteiger partial charge >= 0.3 is 0 Å². The highest BCUT2D eigenvalue weighted by Crippen LogP contribution is 2.37. The first-order valence-corrected chi connectivity index (χ1v) is 12.3. The van der Waals surface area contributed by atoms with Crippen LogP contribution in [0.15, 0.2) is 70.6 Å². The number of carbonyl (C=O) groups excluding carboxylic acids is 2. The fraction of sp³-hybridized carbons (Fsp3) is 0.136. The van der Waals surface area contributed by atoms with Crippen LogP contribution in [0.5, 0.6) is 0 Å². The van der Waals surface area contributed by atoms with Gasteiger partial charge < -0.3 is 0 Å². The number of thioether (sulfide) groups is 1. The molecule has 1 fully saturated rings. The molecular weight excluding hydrogens is 496 g/mol. The van der Waals surface area contributed by atoms with E-state index in [0.29, 0.717) is 5.75 Å². The molecule has 4 aromatic rings. The molecule has 0 aliphatic carbocycles. The summed E-state index contributed by atoms with van der Waals surface area (Å²) in [7, 11) is 0. The number of rotatable bonds is 5. The lowest BCUT2D eigenvalue weighted by Crippen LogP contribution is -2.45. The number of hydrazine groups is 1. The summed E-state index contributed by atoms with van der Waals surface area (Å²) in [5.74, 6) is 0.00872. The zero-order valence-corrected chi connectivity index (χ0v) is 19.4. The fourth-order valence-corrected chi connectivity index (χ4v) is 5.71. The Morgan fingerprint density at radius 3 is 2.71 bits per heavy atom. The van der Waals surface area contributed by atoms with E-state index in [-0.39, 0.29) is 23.6 Å². The molecule has 6 nitrogen and oxygen atoms in total. The molecule has 3 heterocycles. The molecule has 1 aliphatic heterocycles. The van der Waals surface area contributed by atoms with Crippen LogP contribution in [0.1, 0.15) is 16.6 Å². The quantitative estimate of drug-likeness (QED) is 0.421. The second-order valence-electron chi connectivity index (χ2n) is 7.06. The van der Waals surface area contributed by atoms with E-state index in [1.165, 1.54) is 28.1 Å². The summed E-state index contributed by atoms with van der Waals surface area (Å²) in [5.41, 5.74) is 6.53. The predicted octanol–water partition coefficient (Wildman–Crippen LogP) is 4.67. The number of benzene rings is 2. The molecule has 156 valence electrons. The standard InChI is InChI=1S/C22H17BrN4O2S2/c23-16-8-6-15(7-9-16)21-27(20(29)13-30-21)25-19(28)10-17-12-31-22-24-18(11-26(17)22)14-4-2-1-3-5-14/h1-9,11-12,21H,10,13H2,(H,25,28). The van der Waals surface area contributed by atoms with Crippen LogP contribution in [0, 0.1) is 0 Å². The molecule has 9 heteroatoms. The maximum atomic E-state index is 12.8. The summed E-state index contributed by atoms with van der Waals surface area (Å²) < 4.78 is 2.91. The van der Waals surface area contributed by atoms with Crippen LogP contribution in [-0.4, -0.2) is 32.0 Å². The van der Waals surface area contributed by atoms with E-state index in [1.54, 1.807) is 0 Å². The summed E-state index contributed by atoms with van der Waals surface area (Å²) in [6.45, 7) is 0. The average molecular weight is 513 g/mol. The van der Waals surface area contributed by atoms with E-state index >= 15 is 0 Å². The Hall–Kier alpha value is -2.62. The van der Waals surface area contributed by atoms with Gasteiger partial charge in [0, 0.05) is 27.3 Å². The van der Waals surface area contributed by atoms with Crippen LogP contribution >= 0.6 is 39.0 Å². The van der Waals surface area contributed by atoms with E-state index in [2.05, 4.69) is 26.3 Å². The zero-order valence-electron chi connectivity index (χ0n) is 16.2. The van der Waals surface area contributed by atoms with E-state index in [0.717, 1.165) is 31.9 Å². The van der Waals surface area contributed by atoms with Crippen molar-refractivity contribution in [3.63, 3.8) is 0 Å². The summed E-state index contributed by atoms with van der Waals surface area (Å²) in [6, 6.07) is 17.7. The van der Waals surface area contributed by atoms with Crippen molar-refractivity contribution in [3.05, 3.63) is 81.9 Å². The lowest BCUT2D eigenvalue weighted by atomic mass is 10.2. The minimum Gasteiger partial charge on any atom is -0.294 e.